The topological polar surface area (TPSA) is 48.4 Å². The molecule has 0 bridgehead atoms. The number of aromatic nitrogens is 1. The molecule has 20 heavy (non-hydrogen) atoms. The molecule has 0 amide bonds. The van der Waals surface area contributed by atoms with Gasteiger partial charge in [-0.1, -0.05) is 18.2 Å². The maximum absolute atomic E-state index is 13.5. The van der Waals surface area contributed by atoms with Gasteiger partial charge in [-0.15, -0.1) is 0 Å². The first-order valence-electron chi connectivity index (χ1n) is 6.83. The highest BCUT2D eigenvalue weighted by molar-refractivity contribution is 6.16. The third-order valence-electron chi connectivity index (χ3n) is 3.47. The fraction of sp³-hybridized carbons (Fsp3) is 0.0625. The highest BCUT2D eigenvalue weighted by Gasteiger charge is 2.22. The van der Waals surface area contributed by atoms with Crippen LogP contribution in [0.2, 0.25) is 0 Å². The molecule has 1 aliphatic rings. The van der Waals surface area contributed by atoms with Crippen LogP contribution in [0.1, 0.15) is 12.5 Å². The second kappa shape index (κ2) is 3.93. The fourth-order valence-corrected chi connectivity index (χ4v) is 2.56. The molecule has 1 atom stereocenters. The van der Waals surface area contributed by atoms with Gasteiger partial charge in [-0.05, 0) is 29.8 Å². The van der Waals surface area contributed by atoms with Crippen molar-refractivity contribution in [1.29, 1.82) is 0 Å². The summed E-state index contributed by atoms with van der Waals surface area (Å²) >= 11 is 0. The summed E-state index contributed by atoms with van der Waals surface area (Å²) in [6, 6.07) is 11.6. The van der Waals surface area contributed by atoms with Crippen LogP contribution in [0, 0.1) is 5.82 Å². The highest BCUT2D eigenvalue weighted by atomic mass is 19.1. The minimum absolute atomic E-state index is 0.0839. The number of benzene rings is 2. The summed E-state index contributed by atoms with van der Waals surface area (Å²) in [7, 11) is 0. The highest BCUT2D eigenvalue weighted by Crippen LogP contribution is 2.35. The molecule has 0 saturated carbocycles. The monoisotopic (exact) mass is 267 g/mol. The Hall–Kier alpha value is -2.62. The molecule has 1 aliphatic heterocycles. The van der Waals surface area contributed by atoms with Gasteiger partial charge in [0.25, 0.3) is 0 Å². The molecule has 4 heteroatoms. The minimum atomic E-state index is -0.686. The molecule has 3 aromatic rings. The quantitative estimate of drug-likeness (QED) is 0.694. The van der Waals surface area contributed by atoms with E-state index in [0.29, 0.717) is 22.2 Å². The SMILES string of the molecule is [2H]C1C(c2c(O)[nH]c3ccc(F)cc23)=Nc2ccccc21. The van der Waals surface area contributed by atoms with E-state index in [1.165, 1.54) is 12.1 Å². The normalized spacial score (nSPS) is 17.9. The van der Waals surface area contributed by atoms with E-state index >= 15 is 0 Å². The Morgan fingerprint density at radius 1 is 1.25 bits per heavy atom. The van der Waals surface area contributed by atoms with Crippen molar-refractivity contribution in [2.24, 2.45) is 4.99 Å². The molecule has 3 nitrogen and oxygen atoms in total. The van der Waals surface area contributed by atoms with Gasteiger partial charge in [-0.3, -0.25) is 4.99 Å². The van der Waals surface area contributed by atoms with Crippen molar-refractivity contribution >= 4 is 22.3 Å². The van der Waals surface area contributed by atoms with Crippen LogP contribution in [-0.2, 0) is 6.40 Å². The number of nitrogens with one attached hydrogen (secondary N) is 1. The summed E-state index contributed by atoms with van der Waals surface area (Å²) in [4.78, 5) is 7.25. The summed E-state index contributed by atoms with van der Waals surface area (Å²) < 4.78 is 21.8. The first kappa shape index (κ1) is 10.2. The Balaban J connectivity index is 1.97. The van der Waals surface area contributed by atoms with Crippen LogP contribution in [0.3, 0.4) is 0 Å². The van der Waals surface area contributed by atoms with Crippen LogP contribution in [0.25, 0.3) is 10.9 Å². The third-order valence-corrected chi connectivity index (χ3v) is 3.47. The lowest BCUT2D eigenvalue weighted by atomic mass is 10.0. The lowest BCUT2D eigenvalue weighted by molar-refractivity contribution is 0.457. The number of aromatic hydroxyl groups is 1. The van der Waals surface area contributed by atoms with Crippen molar-refractivity contribution in [2.45, 2.75) is 6.40 Å². The van der Waals surface area contributed by atoms with E-state index in [1.54, 1.807) is 6.07 Å². The molecule has 0 saturated heterocycles. The minimum Gasteiger partial charge on any atom is -0.494 e. The predicted octanol–water partition coefficient (Wildman–Crippen LogP) is 3.69. The van der Waals surface area contributed by atoms with E-state index < -0.39 is 6.40 Å². The maximum atomic E-state index is 13.5. The van der Waals surface area contributed by atoms with Crippen molar-refractivity contribution in [3.63, 3.8) is 0 Å². The average molecular weight is 267 g/mol. The maximum Gasteiger partial charge on any atom is 0.198 e. The molecule has 2 aromatic carbocycles. The van der Waals surface area contributed by atoms with E-state index in [0.717, 1.165) is 11.3 Å². The van der Waals surface area contributed by atoms with E-state index in [4.69, 9.17) is 1.37 Å². The number of nitrogens with zero attached hydrogens (tertiary/aromatic N) is 1. The number of H-pyrrole nitrogens is 1. The number of rotatable bonds is 1. The van der Waals surface area contributed by atoms with Gasteiger partial charge < -0.3 is 10.1 Å². The van der Waals surface area contributed by atoms with Crippen molar-refractivity contribution in [3.05, 3.63) is 59.4 Å². The van der Waals surface area contributed by atoms with E-state index in [1.807, 2.05) is 24.3 Å². The second-order valence-corrected chi connectivity index (χ2v) is 4.74. The Bertz CT molecular complexity index is 900. The third kappa shape index (κ3) is 1.54. The Kier molecular flexibility index (Phi) is 2.01. The molecular weight excluding hydrogens is 255 g/mol. The molecule has 0 aliphatic carbocycles. The number of aromatic amines is 1. The number of aliphatic imine (C=N–C) groups is 1. The van der Waals surface area contributed by atoms with Crippen molar-refractivity contribution in [1.82, 2.24) is 4.98 Å². The van der Waals surface area contributed by atoms with Crippen LogP contribution in [0.15, 0.2) is 47.5 Å². The van der Waals surface area contributed by atoms with Gasteiger partial charge >= 0.3 is 0 Å². The van der Waals surface area contributed by atoms with Gasteiger partial charge in [0.15, 0.2) is 5.88 Å². The van der Waals surface area contributed by atoms with Gasteiger partial charge in [-0.2, -0.15) is 0 Å². The van der Waals surface area contributed by atoms with Crippen LogP contribution < -0.4 is 0 Å². The number of hydrogen-bond donors (Lipinski definition) is 2. The van der Waals surface area contributed by atoms with Crippen molar-refractivity contribution < 1.29 is 10.9 Å². The lowest BCUT2D eigenvalue weighted by Crippen LogP contribution is -1.99. The van der Waals surface area contributed by atoms with Crippen LogP contribution in [-0.4, -0.2) is 15.8 Å². The molecule has 0 spiro atoms. The summed E-state index contributed by atoms with van der Waals surface area (Å²) in [5, 5.41) is 10.7. The predicted molar refractivity (Wildman–Crippen MR) is 76.3 cm³/mol. The van der Waals surface area contributed by atoms with Gasteiger partial charge in [-0.25, -0.2) is 4.39 Å². The zero-order valence-corrected chi connectivity index (χ0v) is 10.4. The Morgan fingerprint density at radius 2 is 2.10 bits per heavy atom. The zero-order chi connectivity index (χ0) is 14.6. The van der Waals surface area contributed by atoms with E-state index in [9.17, 15) is 9.50 Å². The summed E-state index contributed by atoms with van der Waals surface area (Å²) in [5.74, 6) is -0.472. The molecule has 1 unspecified atom stereocenters. The number of hydrogen-bond acceptors (Lipinski definition) is 2. The zero-order valence-electron chi connectivity index (χ0n) is 11.4. The lowest BCUT2D eigenvalue weighted by Gasteiger charge is -1.99. The molecule has 2 heterocycles. The summed E-state index contributed by atoms with van der Waals surface area (Å²) in [5.41, 5.74) is 2.97. The Labute approximate surface area is 115 Å². The van der Waals surface area contributed by atoms with Gasteiger partial charge in [0.2, 0.25) is 0 Å². The molecule has 0 radical (unpaired) electrons. The van der Waals surface area contributed by atoms with Crippen LogP contribution >= 0.6 is 0 Å². The molecule has 0 fully saturated rings. The molecule has 2 N–H and O–H groups in total. The van der Waals surface area contributed by atoms with Gasteiger partial charge in [0.1, 0.15) is 5.82 Å². The van der Waals surface area contributed by atoms with Crippen LogP contribution in [0.5, 0.6) is 5.88 Å². The largest absolute Gasteiger partial charge is 0.494 e. The van der Waals surface area contributed by atoms with E-state index in [2.05, 4.69) is 9.98 Å². The van der Waals surface area contributed by atoms with Crippen molar-refractivity contribution in [2.75, 3.05) is 0 Å². The summed E-state index contributed by atoms with van der Waals surface area (Å²) in [6.07, 6.45) is -0.686. The standard InChI is InChI=1S/C16H11FN2O/c17-10-5-6-13-11(8-10)15(16(20)19-13)14-7-9-3-1-2-4-12(9)18-14/h1-6,8,19-20H,7H2/i7D. The number of para-hydroxylation sites is 1. The molecule has 4 rings (SSSR count). The first-order chi connectivity index (χ1) is 10.1. The second-order valence-electron chi connectivity index (χ2n) is 4.74. The Morgan fingerprint density at radius 3 is 2.95 bits per heavy atom. The molecular formula is C16H11FN2O. The number of halogens is 1. The number of fused-ring (bicyclic) bond motifs is 2. The van der Waals surface area contributed by atoms with Gasteiger partial charge in [0.05, 0.1) is 17.0 Å². The smallest absolute Gasteiger partial charge is 0.198 e. The van der Waals surface area contributed by atoms with Crippen LogP contribution in [0.4, 0.5) is 10.1 Å². The molecule has 98 valence electrons. The molecule has 1 aromatic heterocycles. The van der Waals surface area contributed by atoms with E-state index in [-0.39, 0.29) is 11.7 Å². The first-order valence-corrected chi connectivity index (χ1v) is 6.25. The summed E-state index contributed by atoms with van der Waals surface area (Å²) in [6.45, 7) is 0. The van der Waals surface area contributed by atoms with Gasteiger partial charge in [0, 0.05) is 18.7 Å². The average Bonchev–Trinajstić information content (AvgIpc) is 2.96. The van der Waals surface area contributed by atoms with Crippen molar-refractivity contribution in [3.8, 4) is 5.88 Å². The fourth-order valence-electron chi connectivity index (χ4n) is 2.56.